The molecule has 0 radical (unpaired) electrons. The summed E-state index contributed by atoms with van der Waals surface area (Å²) < 4.78 is 1.08. The van der Waals surface area contributed by atoms with E-state index in [1.54, 1.807) is 12.4 Å². The molecule has 1 aliphatic rings. The number of Topliss-reactive ketones (excluding diaryl/α,β-unsaturated/α-hetero) is 1. The van der Waals surface area contributed by atoms with E-state index >= 15 is 0 Å². The van der Waals surface area contributed by atoms with Crippen molar-refractivity contribution in [2.75, 3.05) is 37.6 Å². The first-order chi connectivity index (χ1) is 13.3. The van der Waals surface area contributed by atoms with E-state index in [9.17, 15) is 4.79 Å². The van der Waals surface area contributed by atoms with Gasteiger partial charge in [0, 0.05) is 45.0 Å². The Morgan fingerprint density at radius 2 is 1.75 bits per heavy atom. The molecule has 3 heterocycles. The number of unbranched alkanes of at least 4 members (excludes halogenated alkanes) is 1. The molecule has 2 aromatic heterocycles. The molecule has 0 aliphatic carbocycles. The van der Waals surface area contributed by atoms with Crippen molar-refractivity contribution in [3.05, 3.63) is 47.7 Å². The quantitative estimate of drug-likeness (QED) is 0.431. The number of carbonyl (C=O) groups excluding carboxylic acids is 1. The lowest BCUT2D eigenvalue weighted by molar-refractivity contribution is 0.0977. The van der Waals surface area contributed by atoms with Crippen LogP contribution < -0.4 is 4.90 Å². The van der Waals surface area contributed by atoms with Crippen LogP contribution in [0.5, 0.6) is 0 Å². The molecule has 4 rings (SSSR count). The van der Waals surface area contributed by atoms with Crippen molar-refractivity contribution in [3.8, 4) is 0 Å². The fourth-order valence-corrected chi connectivity index (χ4v) is 4.28. The van der Waals surface area contributed by atoms with Gasteiger partial charge in [-0.25, -0.2) is 15.0 Å². The van der Waals surface area contributed by atoms with E-state index in [1.807, 2.05) is 30.3 Å². The minimum Gasteiger partial charge on any atom is -0.338 e. The zero-order valence-electron chi connectivity index (χ0n) is 15.7. The Bertz CT molecular complexity index is 863. The summed E-state index contributed by atoms with van der Waals surface area (Å²) in [6.07, 6.45) is 6.11. The summed E-state index contributed by atoms with van der Waals surface area (Å²) in [7, 11) is 0. The smallest absolute Gasteiger partial charge is 0.225 e. The number of ketones is 1. The van der Waals surface area contributed by atoms with Crippen molar-refractivity contribution >= 4 is 45.7 Å². The molecule has 0 N–H and O–H groups in total. The van der Waals surface area contributed by atoms with Crippen LogP contribution in [-0.4, -0.2) is 58.4 Å². The maximum absolute atomic E-state index is 12.4. The molecule has 0 saturated carbocycles. The number of fused-ring (bicyclic) bond motifs is 1. The zero-order valence-corrected chi connectivity index (χ0v) is 17.3. The van der Waals surface area contributed by atoms with E-state index in [0.717, 1.165) is 61.7 Å². The van der Waals surface area contributed by atoms with Gasteiger partial charge in [-0.05, 0) is 37.6 Å². The van der Waals surface area contributed by atoms with Crippen molar-refractivity contribution in [1.29, 1.82) is 0 Å². The molecule has 1 saturated heterocycles. The summed E-state index contributed by atoms with van der Waals surface area (Å²) in [4.78, 5) is 30.2. The number of rotatable bonds is 7. The third-order valence-electron chi connectivity index (χ3n) is 4.87. The van der Waals surface area contributed by atoms with Crippen molar-refractivity contribution < 1.29 is 4.79 Å². The van der Waals surface area contributed by atoms with Gasteiger partial charge in [0.25, 0.3) is 0 Å². The summed E-state index contributed by atoms with van der Waals surface area (Å²) in [6.45, 7) is 4.98. The van der Waals surface area contributed by atoms with E-state index in [0.29, 0.717) is 11.4 Å². The normalized spacial score (nSPS) is 14.8. The minimum absolute atomic E-state index is 0. The molecule has 1 fully saturated rings. The van der Waals surface area contributed by atoms with Crippen LogP contribution in [0.3, 0.4) is 0 Å². The monoisotopic (exact) mass is 417 g/mol. The van der Waals surface area contributed by atoms with Gasteiger partial charge < -0.3 is 4.90 Å². The van der Waals surface area contributed by atoms with Crippen LogP contribution in [0, 0.1) is 0 Å². The predicted octanol–water partition coefficient (Wildman–Crippen LogP) is 3.68. The van der Waals surface area contributed by atoms with Gasteiger partial charge in [0.2, 0.25) is 5.95 Å². The zero-order chi connectivity index (χ0) is 18.5. The number of thiazole rings is 1. The molecule has 0 spiro atoms. The highest BCUT2D eigenvalue weighted by atomic mass is 35.5. The van der Waals surface area contributed by atoms with E-state index in [1.165, 1.54) is 11.3 Å². The Balaban J connectivity index is 0.00000225. The van der Waals surface area contributed by atoms with Crippen LogP contribution in [0.25, 0.3) is 10.2 Å². The summed E-state index contributed by atoms with van der Waals surface area (Å²) >= 11 is 1.50. The first kappa shape index (κ1) is 20.6. The maximum Gasteiger partial charge on any atom is 0.225 e. The van der Waals surface area contributed by atoms with Crippen molar-refractivity contribution in [1.82, 2.24) is 19.9 Å². The standard InChI is InChI=1S/C20H23N5OS.ClH/c26-17(19-23-16-6-1-2-8-18(16)27-19)7-3-4-11-24-12-14-25(15-13-24)20-21-9-5-10-22-20;/h1-2,5-6,8-10H,3-4,7,11-15H2;1H. The van der Waals surface area contributed by atoms with Crippen molar-refractivity contribution in [3.63, 3.8) is 0 Å². The first-order valence-electron chi connectivity index (χ1n) is 9.43. The summed E-state index contributed by atoms with van der Waals surface area (Å²) in [5.41, 5.74) is 0.922. The molecule has 0 unspecified atom stereocenters. The van der Waals surface area contributed by atoms with Crippen LogP contribution in [0.4, 0.5) is 5.95 Å². The molecule has 0 amide bonds. The maximum atomic E-state index is 12.4. The molecule has 0 atom stereocenters. The number of aromatic nitrogens is 3. The second kappa shape index (κ2) is 9.91. The van der Waals surface area contributed by atoms with Crippen LogP contribution >= 0.6 is 23.7 Å². The molecule has 1 aromatic carbocycles. The highest BCUT2D eigenvalue weighted by Gasteiger charge is 2.18. The van der Waals surface area contributed by atoms with Gasteiger partial charge in [-0.2, -0.15) is 0 Å². The lowest BCUT2D eigenvalue weighted by Crippen LogP contribution is -2.47. The number of carbonyl (C=O) groups is 1. The molecular weight excluding hydrogens is 394 g/mol. The molecule has 3 aromatic rings. The Morgan fingerprint density at radius 3 is 2.50 bits per heavy atom. The number of nitrogens with zero attached hydrogens (tertiary/aromatic N) is 5. The van der Waals surface area contributed by atoms with E-state index in [2.05, 4.69) is 24.8 Å². The minimum atomic E-state index is 0. The highest BCUT2D eigenvalue weighted by Crippen LogP contribution is 2.23. The van der Waals surface area contributed by atoms with Crippen molar-refractivity contribution in [2.24, 2.45) is 0 Å². The largest absolute Gasteiger partial charge is 0.338 e. The van der Waals surface area contributed by atoms with Gasteiger partial charge in [-0.1, -0.05) is 12.1 Å². The second-order valence-corrected chi connectivity index (χ2v) is 7.78. The Labute approximate surface area is 175 Å². The number of para-hydroxylation sites is 1. The lowest BCUT2D eigenvalue weighted by Gasteiger charge is -2.34. The van der Waals surface area contributed by atoms with Gasteiger partial charge in [0.15, 0.2) is 10.8 Å². The molecule has 0 bridgehead atoms. The van der Waals surface area contributed by atoms with Crippen LogP contribution in [0.15, 0.2) is 42.7 Å². The third kappa shape index (κ3) is 5.04. The second-order valence-electron chi connectivity index (χ2n) is 6.74. The molecular formula is C20H24ClN5OS. The highest BCUT2D eigenvalue weighted by molar-refractivity contribution is 7.20. The van der Waals surface area contributed by atoms with Gasteiger partial charge in [-0.15, -0.1) is 23.7 Å². The first-order valence-corrected chi connectivity index (χ1v) is 10.2. The van der Waals surface area contributed by atoms with Gasteiger partial charge >= 0.3 is 0 Å². The van der Waals surface area contributed by atoms with Gasteiger partial charge in [0.1, 0.15) is 0 Å². The third-order valence-corrected chi connectivity index (χ3v) is 5.95. The van der Waals surface area contributed by atoms with E-state index in [-0.39, 0.29) is 18.2 Å². The van der Waals surface area contributed by atoms with Gasteiger partial charge in [0.05, 0.1) is 10.2 Å². The number of anilines is 1. The SMILES string of the molecule is Cl.O=C(CCCCN1CCN(c2ncccn2)CC1)c1nc2ccccc2s1. The van der Waals surface area contributed by atoms with Crippen LogP contribution in [0.2, 0.25) is 0 Å². The van der Waals surface area contributed by atoms with Crippen LogP contribution in [0.1, 0.15) is 29.1 Å². The number of hydrogen-bond donors (Lipinski definition) is 0. The molecule has 148 valence electrons. The number of benzene rings is 1. The topological polar surface area (TPSA) is 62.2 Å². The summed E-state index contributed by atoms with van der Waals surface area (Å²) in [6, 6.07) is 9.76. The molecule has 8 heteroatoms. The Hall–Kier alpha value is -2.09. The number of halogens is 1. The summed E-state index contributed by atoms with van der Waals surface area (Å²) in [5.74, 6) is 0.987. The summed E-state index contributed by atoms with van der Waals surface area (Å²) in [5, 5.41) is 0.646. The molecule has 6 nitrogen and oxygen atoms in total. The molecule has 28 heavy (non-hydrogen) atoms. The fourth-order valence-electron chi connectivity index (χ4n) is 3.35. The van der Waals surface area contributed by atoms with E-state index < -0.39 is 0 Å². The van der Waals surface area contributed by atoms with Gasteiger partial charge in [-0.3, -0.25) is 9.69 Å². The number of hydrogen-bond acceptors (Lipinski definition) is 7. The Kier molecular flexibility index (Phi) is 7.30. The average Bonchev–Trinajstić information content (AvgIpc) is 3.17. The number of piperazine rings is 1. The molecule has 1 aliphatic heterocycles. The predicted molar refractivity (Wildman–Crippen MR) is 116 cm³/mol. The van der Waals surface area contributed by atoms with Crippen molar-refractivity contribution in [2.45, 2.75) is 19.3 Å². The fraction of sp³-hybridized carbons (Fsp3) is 0.400. The average molecular weight is 418 g/mol. The van der Waals surface area contributed by atoms with E-state index in [4.69, 9.17) is 0 Å². The Morgan fingerprint density at radius 1 is 1.00 bits per heavy atom. The van der Waals surface area contributed by atoms with Crippen LogP contribution in [-0.2, 0) is 0 Å². The lowest BCUT2D eigenvalue weighted by atomic mass is 10.1.